The second-order valence-corrected chi connectivity index (χ2v) is 3.02. The second kappa shape index (κ2) is 5.82. The van der Waals surface area contributed by atoms with E-state index in [-0.39, 0.29) is 18.1 Å². The molecule has 1 aromatic heterocycles. The fraction of sp³-hybridized carbons (Fsp3) is 0.300. The predicted octanol–water partition coefficient (Wildman–Crippen LogP) is 0.0424. The van der Waals surface area contributed by atoms with Crippen molar-refractivity contribution in [3.8, 4) is 0 Å². The lowest BCUT2D eigenvalue weighted by molar-refractivity contribution is -0.139. The molecular formula is C10H12N2O4. The number of aromatic nitrogens is 1. The lowest BCUT2D eigenvalue weighted by Crippen LogP contribution is -2.23. The maximum atomic E-state index is 10.8. The highest BCUT2D eigenvalue weighted by molar-refractivity contribution is 5.87. The smallest absolute Gasteiger partial charge is 0.337 e. The van der Waals surface area contributed by atoms with Crippen LogP contribution in [0.25, 0.3) is 0 Å². The average molecular weight is 224 g/mol. The summed E-state index contributed by atoms with van der Waals surface area (Å²) in [6.45, 7) is 0.480. The van der Waals surface area contributed by atoms with Gasteiger partial charge >= 0.3 is 11.9 Å². The molecule has 0 radical (unpaired) electrons. The molecule has 86 valence electrons. The summed E-state index contributed by atoms with van der Waals surface area (Å²) < 4.78 is 4.44. The summed E-state index contributed by atoms with van der Waals surface area (Å²) in [6, 6.07) is 3.05. The molecule has 0 saturated carbocycles. The third-order valence-electron chi connectivity index (χ3n) is 1.87. The van der Waals surface area contributed by atoms with Gasteiger partial charge in [0.1, 0.15) is 0 Å². The van der Waals surface area contributed by atoms with Gasteiger partial charge in [-0.1, -0.05) is 0 Å². The number of carboxylic acids is 1. The van der Waals surface area contributed by atoms with Crippen LogP contribution in [0.15, 0.2) is 18.3 Å². The van der Waals surface area contributed by atoms with Gasteiger partial charge in [-0.15, -0.1) is 0 Å². The van der Waals surface area contributed by atoms with E-state index in [1.165, 1.54) is 19.4 Å². The number of nitrogens with zero attached hydrogens (tertiary/aromatic N) is 1. The van der Waals surface area contributed by atoms with Crippen molar-refractivity contribution in [2.24, 2.45) is 0 Å². The molecule has 1 rings (SSSR count). The van der Waals surface area contributed by atoms with Gasteiger partial charge in [-0.05, 0) is 12.1 Å². The van der Waals surface area contributed by atoms with E-state index < -0.39 is 5.97 Å². The molecule has 2 N–H and O–H groups in total. The summed E-state index contributed by atoms with van der Waals surface area (Å²) in [4.78, 5) is 25.2. The van der Waals surface area contributed by atoms with Gasteiger partial charge in [0.25, 0.3) is 0 Å². The van der Waals surface area contributed by atoms with Crippen molar-refractivity contribution in [3.63, 3.8) is 0 Å². The molecule has 0 aliphatic heterocycles. The Labute approximate surface area is 92.3 Å². The van der Waals surface area contributed by atoms with Crippen LogP contribution in [0.1, 0.15) is 16.1 Å². The average Bonchev–Trinajstić information content (AvgIpc) is 2.29. The lowest BCUT2D eigenvalue weighted by atomic mass is 10.2. The molecule has 6 nitrogen and oxygen atoms in total. The molecule has 0 spiro atoms. The molecule has 1 heterocycles. The van der Waals surface area contributed by atoms with Crippen molar-refractivity contribution in [3.05, 3.63) is 29.6 Å². The molecule has 6 heteroatoms. The number of pyridine rings is 1. The number of methoxy groups -OCH3 is 1. The fourth-order valence-electron chi connectivity index (χ4n) is 1.02. The minimum absolute atomic E-state index is 0.0961. The Bertz CT molecular complexity index is 375. The second-order valence-electron chi connectivity index (χ2n) is 3.02. The number of nitrogens with one attached hydrogen (secondary N) is 1. The van der Waals surface area contributed by atoms with Crippen molar-refractivity contribution in [1.29, 1.82) is 0 Å². The van der Waals surface area contributed by atoms with Crippen molar-refractivity contribution in [2.45, 2.75) is 6.54 Å². The third-order valence-corrected chi connectivity index (χ3v) is 1.87. The van der Waals surface area contributed by atoms with E-state index in [2.05, 4.69) is 15.0 Å². The van der Waals surface area contributed by atoms with Gasteiger partial charge in [0.2, 0.25) is 0 Å². The number of esters is 1. The number of aromatic carboxylic acids is 1. The molecule has 0 aliphatic rings. The zero-order valence-corrected chi connectivity index (χ0v) is 8.77. The summed E-state index contributed by atoms with van der Waals surface area (Å²) in [5.41, 5.74) is 0.797. The van der Waals surface area contributed by atoms with Gasteiger partial charge in [0.05, 0.1) is 24.9 Å². The van der Waals surface area contributed by atoms with Crippen LogP contribution < -0.4 is 5.32 Å². The Morgan fingerprint density at radius 1 is 1.50 bits per heavy atom. The molecule has 1 aromatic rings. The number of carbonyl (C=O) groups is 2. The topological polar surface area (TPSA) is 88.5 Å². The van der Waals surface area contributed by atoms with Gasteiger partial charge in [0.15, 0.2) is 0 Å². The van der Waals surface area contributed by atoms with E-state index >= 15 is 0 Å². The minimum Gasteiger partial charge on any atom is -0.478 e. The van der Waals surface area contributed by atoms with Gasteiger partial charge in [-0.2, -0.15) is 0 Å². The minimum atomic E-state index is -1.01. The van der Waals surface area contributed by atoms with Gasteiger partial charge in [-0.25, -0.2) is 4.79 Å². The van der Waals surface area contributed by atoms with E-state index in [0.29, 0.717) is 12.2 Å². The quantitative estimate of drug-likeness (QED) is 0.686. The Balaban J connectivity index is 2.43. The standard InChI is InChI=1S/C10H12N2O4/c1-16-9(13)6-11-5-8-3-2-7(4-12-8)10(14)15/h2-4,11H,5-6H2,1H3,(H,14,15). The Morgan fingerprint density at radius 2 is 2.25 bits per heavy atom. The lowest BCUT2D eigenvalue weighted by Gasteiger charge is -2.03. The van der Waals surface area contributed by atoms with Crippen molar-refractivity contribution in [2.75, 3.05) is 13.7 Å². The van der Waals surface area contributed by atoms with Gasteiger partial charge < -0.3 is 15.2 Å². The summed E-state index contributed by atoms with van der Waals surface area (Å²) in [5, 5.41) is 11.5. The first-order chi connectivity index (χ1) is 7.63. The van der Waals surface area contributed by atoms with E-state index in [1.54, 1.807) is 6.07 Å². The monoisotopic (exact) mass is 224 g/mol. The first-order valence-electron chi connectivity index (χ1n) is 4.59. The summed E-state index contributed by atoms with van der Waals surface area (Å²) >= 11 is 0. The van der Waals surface area contributed by atoms with Crippen LogP contribution in [0.4, 0.5) is 0 Å². The summed E-state index contributed by atoms with van der Waals surface area (Å²) in [6.07, 6.45) is 1.28. The van der Waals surface area contributed by atoms with Crippen LogP contribution >= 0.6 is 0 Å². The van der Waals surface area contributed by atoms with Crippen LogP contribution in [0, 0.1) is 0 Å². The molecule has 0 bridgehead atoms. The summed E-state index contributed by atoms with van der Waals surface area (Å²) in [5.74, 6) is -1.37. The number of hydrogen-bond donors (Lipinski definition) is 2. The highest BCUT2D eigenvalue weighted by Gasteiger charge is 2.03. The zero-order chi connectivity index (χ0) is 12.0. The Hall–Kier alpha value is -1.95. The van der Waals surface area contributed by atoms with Gasteiger partial charge in [-0.3, -0.25) is 9.78 Å². The van der Waals surface area contributed by atoms with Crippen LogP contribution in [0.3, 0.4) is 0 Å². The van der Waals surface area contributed by atoms with E-state index in [4.69, 9.17) is 5.11 Å². The van der Waals surface area contributed by atoms with Crippen LogP contribution in [-0.2, 0) is 16.1 Å². The molecule has 0 amide bonds. The number of hydrogen-bond acceptors (Lipinski definition) is 5. The van der Waals surface area contributed by atoms with Crippen molar-refractivity contribution in [1.82, 2.24) is 10.3 Å². The molecule has 0 atom stereocenters. The van der Waals surface area contributed by atoms with Crippen molar-refractivity contribution >= 4 is 11.9 Å². The molecule has 0 aliphatic carbocycles. The largest absolute Gasteiger partial charge is 0.478 e. The predicted molar refractivity (Wildman–Crippen MR) is 54.9 cm³/mol. The summed E-state index contributed by atoms with van der Waals surface area (Å²) in [7, 11) is 1.31. The van der Waals surface area contributed by atoms with E-state index in [0.717, 1.165) is 0 Å². The van der Waals surface area contributed by atoms with E-state index in [9.17, 15) is 9.59 Å². The zero-order valence-electron chi connectivity index (χ0n) is 8.77. The van der Waals surface area contributed by atoms with E-state index in [1.807, 2.05) is 0 Å². The molecule has 16 heavy (non-hydrogen) atoms. The highest BCUT2D eigenvalue weighted by atomic mass is 16.5. The molecule has 0 aromatic carbocycles. The number of carbonyl (C=O) groups excluding carboxylic acids is 1. The highest BCUT2D eigenvalue weighted by Crippen LogP contribution is 1.99. The van der Waals surface area contributed by atoms with Crippen LogP contribution in [0.5, 0.6) is 0 Å². The fourth-order valence-corrected chi connectivity index (χ4v) is 1.02. The number of carboxylic acid groups (broad SMARTS) is 1. The first kappa shape index (κ1) is 12.1. The Morgan fingerprint density at radius 3 is 2.75 bits per heavy atom. The molecule has 0 saturated heterocycles. The molecule has 0 unspecified atom stereocenters. The normalized spacial score (nSPS) is 9.81. The first-order valence-corrected chi connectivity index (χ1v) is 4.59. The number of ether oxygens (including phenoxy) is 1. The number of rotatable bonds is 5. The SMILES string of the molecule is COC(=O)CNCc1ccc(C(=O)O)cn1. The maximum Gasteiger partial charge on any atom is 0.337 e. The Kier molecular flexibility index (Phi) is 4.41. The third kappa shape index (κ3) is 3.66. The van der Waals surface area contributed by atoms with Crippen molar-refractivity contribution < 1.29 is 19.4 Å². The van der Waals surface area contributed by atoms with Gasteiger partial charge in [0, 0.05) is 12.7 Å². The maximum absolute atomic E-state index is 10.8. The van der Waals surface area contributed by atoms with Crippen LogP contribution in [-0.4, -0.2) is 35.7 Å². The molecule has 0 fully saturated rings. The molecular weight excluding hydrogens is 212 g/mol. The van der Waals surface area contributed by atoms with Crippen LogP contribution in [0.2, 0.25) is 0 Å².